The minimum Gasteiger partial charge on any atom is -0.441 e. The Morgan fingerprint density at radius 3 is 2.31 bits per heavy atom. The predicted molar refractivity (Wildman–Crippen MR) is 119 cm³/mol. The van der Waals surface area contributed by atoms with Crippen molar-refractivity contribution < 1.29 is 14.3 Å². The highest BCUT2D eigenvalue weighted by Crippen LogP contribution is 2.22. The number of hydrogen-bond donors (Lipinski definition) is 1. The molecule has 4 rings (SSSR count). The fourth-order valence-electron chi connectivity index (χ4n) is 3.57. The van der Waals surface area contributed by atoms with Crippen LogP contribution in [0.2, 0.25) is 0 Å². The van der Waals surface area contributed by atoms with Crippen LogP contribution in [-0.4, -0.2) is 31.5 Å². The molecule has 162 valence electrons. The van der Waals surface area contributed by atoms with E-state index in [-0.39, 0.29) is 5.82 Å². The molecule has 1 amide bonds. The van der Waals surface area contributed by atoms with E-state index in [1.807, 2.05) is 58.0 Å². The van der Waals surface area contributed by atoms with Crippen molar-refractivity contribution >= 4 is 23.3 Å². The van der Waals surface area contributed by atoms with Gasteiger partial charge in [0.2, 0.25) is 6.10 Å². The summed E-state index contributed by atoms with van der Waals surface area (Å²) in [5.74, 6) is -1.14. The third-order valence-electron chi connectivity index (χ3n) is 4.86. The van der Waals surface area contributed by atoms with Gasteiger partial charge in [0.05, 0.1) is 0 Å². The van der Waals surface area contributed by atoms with Gasteiger partial charge in [0.1, 0.15) is 0 Å². The number of carbonyl (C=O) groups is 2. The van der Waals surface area contributed by atoms with Gasteiger partial charge in [0.25, 0.3) is 17.5 Å². The van der Waals surface area contributed by atoms with Crippen LogP contribution in [0.1, 0.15) is 44.8 Å². The first-order valence-corrected chi connectivity index (χ1v) is 10.2. The van der Waals surface area contributed by atoms with Crippen LogP contribution in [0.3, 0.4) is 0 Å². The molecule has 1 atom stereocenters. The zero-order chi connectivity index (χ0) is 22.8. The van der Waals surface area contributed by atoms with Gasteiger partial charge in [0.15, 0.2) is 0 Å². The zero-order valence-corrected chi connectivity index (χ0v) is 18.3. The first kappa shape index (κ1) is 21.2. The molecule has 0 saturated heterocycles. The lowest BCUT2D eigenvalue weighted by molar-refractivity contribution is -0.125. The van der Waals surface area contributed by atoms with Crippen molar-refractivity contribution in [1.29, 1.82) is 0 Å². The van der Waals surface area contributed by atoms with Gasteiger partial charge in [-0.2, -0.15) is 4.98 Å². The summed E-state index contributed by atoms with van der Waals surface area (Å²) in [4.78, 5) is 34.5. The SMILES string of the molecule is Cc1cc(C)cc(NC(=O)C(OC(=O)c2nc3nc(C)cc(C)n3n2)c2ccccc2)c1. The van der Waals surface area contributed by atoms with E-state index in [1.54, 1.807) is 24.3 Å². The van der Waals surface area contributed by atoms with E-state index in [9.17, 15) is 9.59 Å². The molecule has 0 aliphatic carbocycles. The molecule has 0 radical (unpaired) electrons. The van der Waals surface area contributed by atoms with Gasteiger partial charge in [0, 0.05) is 22.6 Å². The van der Waals surface area contributed by atoms with E-state index in [1.165, 1.54) is 4.52 Å². The maximum absolute atomic E-state index is 13.1. The predicted octanol–water partition coefficient (Wildman–Crippen LogP) is 3.89. The molecule has 1 unspecified atom stereocenters. The number of anilines is 1. The maximum Gasteiger partial charge on any atom is 0.379 e. The Balaban J connectivity index is 1.63. The number of hydrogen-bond acceptors (Lipinski definition) is 6. The third kappa shape index (κ3) is 4.49. The van der Waals surface area contributed by atoms with Crippen LogP contribution in [0.15, 0.2) is 54.6 Å². The molecular formula is C24H23N5O3. The number of aromatic nitrogens is 4. The monoisotopic (exact) mass is 429 g/mol. The van der Waals surface area contributed by atoms with Gasteiger partial charge in [-0.05, 0) is 57.0 Å². The number of aryl methyl sites for hydroxylation is 4. The van der Waals surface area contributed by atoms with Crippen molar-refractivity contribution in [3.63, 3.8) is 0 Å². The van der Waals surface area contributed by atoms with E-state index in [2.05, 4.69) is 20.4 Å². The van der Waals surface area contributed by atoms with Crippen LogP contribution in [-0.2, 0) is 9.53 Å². The van der Waals surface area contributed by atoms with Gasteiger partial charge in [-0.15, -0.1) is 5.10 Å². The number of carbonyl (C=O) groups excluding carboxylic acids is 2. The number of esters is 1. The second-order valence-corrected chi connectivity index (χ2v) is 7.75. The lowest BCUT2D eigenvalue weighted by Gasteiger charge is -2.17. The summed E-state index contributed by atoms with van der Waals surface area (Å²) < 4.78 is 7.07. The number of benzene rings is 2. The minimum atomic E-state index is -1.17. The Morgan fingerprint density at radius 2 is 1.62 bits per heavy atom. The van der Waals surface area contributed by atoms with Crippen molar-refractivity contribution in [2.45, 2.75) is 33.8 Å². The molecule has 2 aromatic heterocycles. The van der Waals surface area contributed by atoms with Gasteiger partial charge in [-0.1, -0.05) is 36.4 Å². The summed E-state index contributed by atoms with van der Waals surface area (Å²) in [6.45, 7) is 7.58. The summed E-state index contributed by atoms with van der Waals surface area (Å²) in [5, 5.41) is 7.05. The Kier molecular flexibility index (Phi) is 5.68. The van der Waals surface area contributed by atoms with Gasteiger partial charge < -0.3 is 10.1 Å². The highest BCUT2D eigenvalue weighted by atomic mass is 16.5. The molecule has 8 nitrogen and oxygen atoms in total. The smallest absolute Gasteiger partial charge is 0.379 e. The summed E-state index contributed by atoms with van der Waals surface area (Å²) >= 11 is 0. The lowest BCUT2D eigenvalue weighted by atomic mass is 10.1. The number of nitrogens with zero attached hydrogens (tertiary/aromatic N) is 4. The van der Waals surface area contributed by atoms with Crippen molar-refractivity contribution in [3.05, 3.63) is 88.5 Å². The number of amides is 1. The topological polar surface area (TPSA) is 98.5 Å². The summed E-state index contributed by atoms with van der Waals surface area (Å²) in [6.07, 6.45) is -1.17. The fraction of sp³-hybridized carbons (Fsp3) is 0.208. The third-order valence-corrected chi connectivity index (χ3v) is 4.86. The molecule has 0 fully saturated rings. The maximum atomic E-state index is 13.1. The number of nitrogens with one attached hydrogen (secondary N) is 1. The molecular weight excluding hydrogens is 406 g/mol. The Labute approximate surface area is 185 Å². The highest BCUT2D eigenvalue weighted by Gasteiger charge is 2.28. The minimum absolute atomic E-state index is 0.161. The lowest BCUT2D eigenvalue weighted by Crippen LogP contribution is -2.26. The molecule has 0 aliphatic rings. The Bertz CT molecular complexity index is 1290. The first-order chi connectivity index (χ1) is 15.3. The molecule has 32 heavy (non-hydrogen) atoms. The van der Waals surface area contributed by atoms with Gasteiger partial charge >= 0.3 is 5.97 Å². The van der Waals surface area contributed by atoms with Crippen LogP contribution in [0.5, 0.6) is 0 Å². The van der Waals surface area contributed by atoms with E-state index in [0.717, 1.165) is 22.5 Å². The van der Waals surface area contributed by atoms with Crippen LogP contribution >= 0.6 is 0 Å². The molecule has 0 aliphatic heterocycles. The molecule has 2 aromatic carbocycles. The molecule has 0 saturated carbocycles. The van der Waals surface area contributed by atoms with Crippen molar-refractivity contribution in [2.24, 2.45) is 0 Å². The van der Waals surface area contributed by atoms with E-state index >= 15 is 0 Å². The first-order valence-electron chi connectivity index (χ1n) is 10.2. The van der Waals surface area contributed by atoms with Crippen molar-refractivity contribution in [1.82, 2.24) is 19.6 Å². The van der Waals surface area contributed by atoms with Crippen LogP contribution in [0, 0.1) is 27.7 Å². The normalized spacial score (nSPS) is 11.9. The summed E-state index contributed by atoms with van der Waals surface area (Å²) in [6, 6.07) is 16.4. The molecule has 1 N–H and O–H groups in total. The molecule has 2 heterocycles. The average Bonchev–Trinajstić information content (AvgIpc) is 3.16. The summed E-state index contributed by atoms with van der Waals surface area (Å²) in [7, 11) is 0. The second kappa shape index (κ2) is 8.58. The van der Waals surface area contributed by atoms with Crippen LogP contribution in [0.25, 0.3) is 5.78 Å². The molecule has 4 aromatic rings. The molecule has 0 spiro atoms. The van der Waals surface area contributed by atoms with Crippen molar-refractivity contribution in [3.8, 4) is 0 Å². The second-order valence-electron chi connectivity index (χ2n) is 7.75. The quantitative estimate of drug-likeness (QED) is 0.483. The van der Waals surface area contributed by atoms with E-state index < -0.39 is 18.0 Å². The van der Waals surface area contributed by atoms with Gasteiger partial charge in [-0.25, -0.2) is 14.3 Å². The molecule has 8 heteroatoms. The van der Waals surface area contributed by atoms with Crippen LogP contribution in [0.4, 0.5) is 5.69 Å². The standard InChI is InChI=1S/C24H23N5O3/c1-14-10-15(2)12-19(11-14)26-22(30)20(18-8-6-5-7-9-18)32-23(31)21-27-24-25-16(3)13-17(4)29(24)28-21/h5-13,20H,1-4H3,(H,26,30). The largest absolute Gasteiger partial charge is 0.441 e. The van der Waals surface area contributed by atoms with Crippen molar-refractivity contribution in [2.75, 3.05) is 5.32 Å². The van der Waals surface area contributed by atoms with E-state index in [4.69, 9.17) is 4.74 Å². The molecule has 0 bridgehead atoms. The highest BCUT2D eigenvalue weighted by molar-refractivity contribution is 5.97. The van der Waals surface area contributed by atoms with Crippen LogP contribution < -0.4 is 5.32 Å². The van der Waals surface area contributed by atoms with Gasteiger partial charge in [-0.3, -0.25) is 4.79 Å². The number of rotatable bonds is 5. The average molecular weight is 429 g/mol. The fourth-order valence-corrected chi connectivity index (χ4v) is 3.57. The zero-order valence-electron chi connectivity index (χ0n) is 18.3. The summed E-state index contributed by atoms with van der Waals surface area (Å²) in [5.41, 5.74) is 4.74. The Hall–Kier alpha value is -4.07. The number of fused-ring (bicyclic) bond motifs is 1. The Morgan fingerprint density at radius 1 is 0.938 bits per heavy atom. The van der Waals surface area contributed by atoms with E-state index in [0.29, 0.717) is 17.0 Å². The number of ether oxygens (including phenoxy) is 1.